The molecule has 0 aliphatic rings. The predicted molar refractivity (Wildman–Crippen MR) is 91.3 cm³/mol. The van der Waals surface area contributed by atoms with E-state index in [1.165, 1.54) is 12.3 Å². The van der Waals surface area contributed by atoms with Gasteiger partial charge in [-0.15, -0.1) is 12.4 Å². The lowest BCUT2D eigenvalue weighted by atomic mass is 10.2. The number of benzene rings is 1. The Morgan fingerprint density at radius 1 is 1.20 bits per heavy atom. The topological polar surface area (TPSA) is 58.9 Å². The molecule has 0 radical (unpaired) electrons. The van der Waals surface area contributed by atoms with Crippen LogP contribution in [-0.4, -0.2) is 35.3 Å². The summed E-state index contributed by atoms with van der Waals surface area (Å²) in [4.78, 5) is 12.1. The first-order valence-electron chi connectivity index (χ1n) is 7.64. The number of nitrogens with one attached hydrogen (secondary N) is 2. The number of alkyl halides is 3. The Bertz CT molecular complexity index is 688. The first-order valence-corrected chi connectivity index (χ1v) is 7.64. The van der Waals surface area contributed by atoms with Crippen molar-refractivity contribution in [3.63, 3.8) is 0 Å². The Kier molecular flexibility index (Phi) is 7.92. The van der Waals surface area contributed by atoms with Gasteiger partial charge in [0, 0.05) is 24.8 Å². The van der Waals surface area contributed by atoms with Gasteiger partial charge in [0.1, 0.15) is 0 Å². The average molecular weight is 377 g/mol. The SMILES string of the molecule is CCCNCCNC(=O)c1cccc(-n2ccc(C(F)(F)F)n2)c1.Cl. The molecule has 5 nitrogen and oxygen atoms in total. The van der Waals surface area contributed by atoms with E-state index in [-0.39, 0.29) is 18.3 Å². The molecule has 9 heteroatoms. The van der Waals surface area contributed by atoms with Crippen molar-refractivity contribution < 1.29 is 18.0 Å². The third kappa shape index (κ3) is 6.06. The first kappa shape index (κ1) is 21.0. The summed E-state index contributed by atoms with van der Waals surface area (Å²) in [6.45, 7) is 4.07. The molecule has 0 fully saturated rings. The lowest BCUT2D eigenvalue weighted by molar-refractivity contribution is -0.141. The second-order valence-corrected chi connectivity index (χ2v) is 5.20. The van der Waals surface area contributed by atoms with Gasteiger partial charge in [-0.25, -0.2) is 4.68 Å². The molecule has 0 spiro atoms. The molecule has 25 heavy (non-hydrogen) atoms. The number of hydrogen-bond donors (Lipinski definition) is 2. The van der Waals surface area contributed by atoms with Crippen molar-refractivity contribution in [1.29, 1.82) is 0 Å². The Labute approximate surface area is 150 Å². The predicted octanol–water partition coefficient (Wildman–Crippen LogP) is 3.04. The summed E-state index contributed by atoms with van der Waals surface area (Å²) in [6, 6.07) is 7.20. The van der Waals surface area contributed by atoms with E-state index in [4.69, 9.17) is 0 Å². The molecule has 2 rings (SSSR count). The van der Waals surface area contributed by atoms with Crippen LogP contribution in [0.1, 0.15) is 29.4 Å². The van der Waals surface area contributed by atoms with Crippen LogP contribution in [0.3, 0.4) is 0 Å². The summed E-state index contributed by atoms with van der Waals surface area (Å²) < 4.78 is 38.9. The number of carbonyl (C=O) groups is 1. The lowest BCUT2D eigenvalue weighted by Gasteiger charge is -2.08. The van der Waals surface area contributed by atoms with Crippen LogP contribution in [0.25, 0.3) is 5.69 Å². The summed E-state index contributed by atoms with van der Waals surface area (Å²) in [7, 11) is 0. The molecule has 0 atom stereocenters. The number of aromatic nitrogens is 2. The minimum absolute atomic E-state index is 0. The van der Waals surface area contributed by atoms with Crippen molar-refractivity contribution in [2.45, 2.75) is 19.5 Å². The van der Waals surface area contributed by atoms with Gasteiger partial charge >= 0.3 is 6.18 Å². The summed E-state index contributed by atoms with van der Waals surface area (Å²) >= 11 is 0. The third-order valence-corrected chi connectivity index (χ3v) is 3.27. The molecule has 1 aromatic carbocycles. The van der Waals surface area contributed by atoms with Crippen molar-refractivity contribution in [3.8, 4) is 5.69 Å². The van der Waals surface area contributed by atoms with E-state index >= 15 is 0 Å². The highest BCUT2D eigenvalue weighted by Gasteiger charge is 2.33. The highest BCUT2D eigenvalue weighted by atomic mass is 35.5. The molecular weight excluding hydrogens is 357 g/mol. The molecule has 2 aromatic rings. The number of halogens is 4. The first-order chi connectivity index (χ1) is 11.4. The molecule has 0 unspecified atom stereocenters. The molecule has 1 heterocycles. The Morgan fingerprint density at radius 3 is 2.60 bits per heavy atom. The van der Waals surface area contributed by atoms with E-state index in [1.807, 2.05) is 0 Å². The lowest BCUT2D eigenvalue weighted by Crippen LogP contribution is -2.32. The van der Waals surface area contributed by atoms with Crippen LogP contribution in [0.4, 0.5) is 13.2 Å². The van der Waals surface area contributed by atoms with Crippen LogP contribution < -0.4 is 10.6 Å². The van der Waals surface area contributed by atoms with Gasteiger partial charge < -0.3 is 10.6 Å². The van der Waals surface area contributed by atoms with Crippen LogP contribution in [-0.2, 0) is 6.18 Å². The minimum Gasteiger partial charge on any atom is -0.351 e. The highest BCUT2D eigenvalue weighted by Crippen LogP contribution is 2.27. The molecule has 0 bridgehead atoms. The van der Waals surface area contributed by atoms with Crippen molar-refractivity contribution in [2.75, 3.05) is 19.6 Å². The minimum atomic E-state index is -4.49. The van der Waals surface area contributed by atoms with Crippen LogP contribution in [0.15, 0.2) is 36.5 Å². The number of hydrogen-bond acceptors (Lipinski definition) is 3. The second kappa shape index (κ2) is 9.43. The van der Waals surface area contributed by atoms with Crippen LogP contribution in [0.5, 0.6) is 0 Å². The van der Waals surface area contributed by atoms with Gasteiger partial charge in [0.05, 0.1) is 5.69 Å². The summed E-state index contributed by atoms with van der Waals surface area (Å²) in [5.41, 5.74) is -0.214. The van der Waals surface area contributed by atoms with Gasteiger partial charge in [-0.05, 0) is 37.2 Å². The van der Waals surface area contributed by atoms with Crippen LogP contribution in [0.2, 0.25) is 0 Å². The van der Waals surface area contributed by atoms with Crippen molar-refractivity contribution in [3.05, 3.63) is 47.8 Å². The Hall–Kier alpha value is -2.06. The average Bonchev–Trinajstić information content (AvgIpc) is 3.05. The molecule has 0 aliphatic heterocycles. The summed E-state index contributed by atoms with van der Waals surface area (Å²) in [5.74, 6) is -0.279. The number of carbonyl (C=O) groups excluding carboxylic acids is 1. The number of amides is 1. The van der Waals surface area contributed by atoms with Gasteiger partial charge in [-0.2, -0.15) is 18.3 Å². The van der Waals surface area contributed by atoms with E-state index < -0.39 is 11.9 Å². The van der Waals surface area contributed by atoms with Crippen molar-refractivity contribution in [2.24, 2.45) is 0 Å². The van der Waals surface area contributed by atoms with E-state index in [0.29, 0.717) is 24.3 Å². The van der Waals surface area contributed by atoms with Crippen LogP contribution >= 0.6 is 12.4 Å². The van der Waals surface area contributed by atoms with Gasteiger partial charge in [-0.1, -0.05) is 13.0 Å². The normalized spacial score (nSPS) is 11.0. The zero-order valence-corrected chi connectivity index (χ0v) is 14.5. The van der Waals surface area contributed by atoms with Gasteiger partial charge in [0.15, 0.2) is 5.69 Å². The zero-order valence-electron chi connectivity index (χ0n) is 13.6. The molecule has 1 amide bonds. The van der Waals surface area contributed by atoms with Gasteiger partial charge in [-0.3, -0.25) is 4.79 Å². The Morgan fingerprint density at radius 2 is 1.96 bits per heavy atom. The van der Waals surface area contributed by atoms with E-state index in [2.05, 4.69) is 22.7 Å². The molecule has 0 saturated heterocycles. The van der Waals surface area contributed by atoms with E-state index in [1.54, 1.807) is 18.2 Å². The van der Waals surface area contributed by atoms with E-state index in [9.17, 15) is 18.0 Å². The third-order valence-electron chi connectivity index (χ3n) is 3.27. The fourth-order valence-corrected chi connectivity index (χ4v) is 2.08. The molecule has 138 valence electrons. The van der Waals surface area contributed by atoms with Crippen molar-refractivity contribution >= 4 is 18.3 Å². The maximum atomic E-state index is 12.6. The Balaban J connectivity index is 0.00000312. The van der Waals surface area contributed by atoms with E-state index in [0.717, 1.165) is 23.7 Å². The van der Waals surface area contributed by atoms with Gasteiger partial charge in [0.25, 0.3) is 5.91 Å². The zero-order chi connectivity index (χ0) is 17.6. The fourth-order valence-electron chi connectivity index (χ4n) is 2.08. The monoisotopic (exact) mass is 376 g/mol. The number of nitrogens with zero attached hydrogens (tertiary/aromatic N) is 2. The molecule has 0 saturated carbocycles. The molecule has 2 N–H and O–H groups in total. The second-order valence-electron chi connectivity index (χ2n) is 5.20. The highest BCUT2D eigenvalue weighted by molar-refractivity contribution is 5.94. The largest absolute Gasteiger partial charge is 0.435 e. The fraction of sp³-hybridized carbons (Fsp3) is 0.375. The van der Waals surface area contributed by atoms with Crippen LogP contribution in [0, 0.1) is 0 Å². The number of rotatable bonds is 7. The summed E-state index contributed by atoms with van der Waals surface area (Å²) in [5, 5.41) is 9.41. The molecule has 0 aliphatic carbocycles. The quantitative estimate of drug-likeness (QED) is 0.730. The summed E-state index contributed by atoms with van der Waals surface area (Å²) in [6.07, 6.45) is -2.26. The maximum absolute atomic E-state index is 12.6. The molecular formula is C16H20ClF3N4O. The smallest absolute Gasteiger partial charge is 0.351 e. The maximum Gasteiger partial charge on any atom is 0.435 e. The van der Waals surface area contributed by atoms with Crippen molar-refractivity contribution in [1.82, 2.24) is 20.4 Å². The molecule has 1 aromatic heterocycles. The standard InChI is InChI=1S/C16H19F3N4O.ClH/c1-2-7-20-8-9-21-15(24)12-4-3-5-13(11-12)23-10-6-14(22-23)16(17,18)19;/h3-6,10-11,20H,2,7-9H2,1H3,(H,21,24);1H. The van der Waals surface area contributed by atoms with Gasteiger partial charge in [0.2, 0.25) is 0 Å².